The summed E-state index contributed by atoms with van der Waals surface area (Å²) in [5.74, 6) is -0.852. The number of hydrogen-bond acceptors (Lipinski definition) is 5. The van der Waals surface area contributed by atoms with Gasteiger partial charge >= 0.3 is 18.2 Å². The van der Waals surface area contributed by atoms with Gasteiger partial charge in [0.25, 0.3) is 0 Å². The summed E-state index contributed by atoms with van der Waals surface area (Å²) in [6.07, 6.45) is -4.43. The highest BCUT2D eigenvalue weighted by Crippen LogP contribution is 2.32. The Bertz CT molecular complexity index is 687. The minimum atomic E-state index is -4.66. The van der Waals surface area contributed by atoms with Crippen LogP contribution in [0.3, 0.4) is 0 Å². The highest BCUT2D eigenvalue weighted by atomic mass is 19.4. The van der Waals surface area contributed by atoms with Gasteiger partial charge in [0.2, 0.25) is 0 Å². The molecule has 0 radical (unpaired) electrons. The number of ether oxygens (including phenoxy) is 2. The second kappa shape index (κ2) is 7.77. The molecule has 0 spiro atoms. The molecule has 27 heavy (non-hydrogen) atoms. The van der Waals surface area contributed by atoms with Gasteiger partial charge in [0.05, 0.1) is 12.6 Å². The number of nitrogens with zero attached hydrogens (tertiary/aromatic N) is 3. The second-order valence-electron chi connectivity index (χ2n) is 7.28. The van der Waals surface area contributed by atoms with Gasteiger partial charge in [-0.05, 0) is 40.5 Å². The van der Waals surface area contributed by atoms with E-state index >= 15 is 0 Å². The molecule has 1 fully saturated rings. The summed E-state index contributed by atoms with van der Waals surface area (Å²) in [5, 5.41) is 3.59. The van der Waals surface area contributed by atoms with E-state index in [4.69, 9.17) is 9.47 Å². The van der Waals surface area contributed by atoms with Crippen LogP contribution in [0.2, 0.25) is 0 Å². The van der Waals surface area contributed by atoms with Crippen molar-refractivity contribution in [3.05, 3.63) is 17.5 Å². The first-order chi connectivity index (χ1) is 12.4. The van der Waals surface area contributed by atoms with E-state index in [-0.39, 0.29) is 12.3 Å². The molecule has 2 rings (SSSR count). The molecule has 0 aromatic carbocycles. The van der Waals surface area contributed by atoms with Crippen molar-refractivity contribution in [3.8, 4) is 0 Å². The van der Waals surface area contributed by atoms with Gasteiger partial charge in [-0.2, -0.15) is 18.3 Å². The van der Waals surface area contributed by atoms with Gasteiger partial charge in [-0.25, -0.2) is 9.59 Å². The van der Waals surface area contributed by atoms with Gasteiger partial charge in [0.1, 0.15) is 11.3 Å². The molecular weight excluding hydrogens is 367 g/mol. The summed E-state index contributed by atoms with van der Waals surface area (Å²) in [7, 11) is 0. The number of likely N-dealkylation sites (tertiary alicyclic amines) is 1. The summed E-state index contributed by atoms with van der Waals surface area (Å²) >= 11 is 0. The molecule has 10 heteroatoms. The van der Waals surface area contributed by atoms with Crippen molar-refractivity contribution >= 4 is 12.1 Å². The first kappa shape index (κ1) is 21.0. The van der Waals surface area contributed by atoms with E-state index in [0.29, 0.717) is 32.0 Å². The fourth-order valence-corrected chi connectivity index (χ4v) is 2.79. The zero-order chi connectivity index (χ0) is 20.4. The zero-order valence-corrected chi connectivity index (χ0v) is 15.8. The monoisotopic (exact) mass is 391 g/mol. The first-order valence-electron chi connectivity index (χ1n) is 8.74. The summed E-state index contributed by atoms with van der Waals surface area (Å²) < 4.78 is 50.3. The Morgan fingerprint density at radius 3 is 2.30 bits per heavy atom. The van der Waals surface area contributed by atoms with Crippen molar-refractivity contribution in [2.75, 3.05) is 19.7 Å². The maximum absolute atomic E-state index is 13.0. The number of halogens is 3. The molecule has 1 aromatic rings. The lowest BCUT2D eigenvalue weighted by atomic mass is 10.1. The van der Waals surface area contributed by atoms with Crippen LogP contribution in [0.4, 0.5) is 18.0 Å². The molecule has 0 bridgehead atoms. The topological polar surface area (TPSA) is 73.7 Å². The third kappa shape index (κ3) is 5.36. The smallest absolute Gasteiger partial charge is 0.435 e. The predicted octanol–water partition coefficient (Wildman–Crippen LogP) is 3.65. The molecule has 152 valence electrons. The average molecular weight is 391 g/mol. The molecule has 1 saturated heterocycles. The van der Waals surface area contributed by atoms with Gasteiger partial charge in [-0.1, -0.05) is 0 Å². The van der Waals surface area contributed by atoms with Crippen molar-refractivity contribution in [1.82, 2.24) is 14.7 Å². The second-order valence-corrected chi connectivity index (χ2v) is 7.28. The van der Waals surface area contributed by atoms with Crippen LogP contribution in [0.5, 0.6) is 0 Å². The van der Waals surface area contributed by atoms with Crippen LogP contribution >= 0.6 is 0 Å². The SMILES string of the molecule is CCOC(=O)c1cc(C(F)(F)F)nn1C1CCN(C(=O)OC(C)(C)C)CC1. The Kier molecular flexibility index (Phi) is 6.06. The van der Waals surface area contributed by atoms with Crippen LogP contribution in [0.15, 0.2) is 6.07 Å². The Morgan fingerprint density at radius 2 is 1.81 bits per heavy atom. The van der Waals surface area contributed by atoms with E-state index in [2.05, 4.69) is 5.10 Å². The van der Waals surface area contributed by atoms with Crippen LogP contribution in [-0.2, 0) is 15.7 Å². The predicted molar refractivity (Wildman–Crippen MR) is 89.3 cm³/mol. The van der Waals surface area contributed by atoms with Crippen molar-refractivity contribution in [2.24, 2.45) is 0 Å². The van der Waals surface area contributed by atoms with E-state index in [0.717, 1.165) is 4.68 Å². The minimum absolute atomic E-state index is 0.0441. The highest BCUT2D eigenvalue weighted by Gasteiger charge is 2.38. The van der Waals surface area contributed by atoms with E-state index in [1.807, 2.05) is 0 Å². The number of alkyl halides is 3. The van der Waals surface area contributed by atoms with Gasteiger partial charge in [0.15, 0.2) is 5.69 Å². The van der Waals surface area contributed by atoms with Gasteiger partial charge in [-0.15, -0.1) is 0 Å². The molecule has 1 amide bonds. The standard InChI is InChI=1S/C17H24F3N3O4/c1-5-26-14(24)12-10-13(17(18,19)20)21-23(12)11-6-8-22(9-7-11)15(25)27-16(2,3)4/h10-11H,5-9H2,1-4H3. The lowest BCUT2D eigenvalue weighted by Crippen LogP contribution is -2.42. The van der Waals surface area contributed by atoms with E-state index in [1.54, 1.807) is 27.7 Å². The van der Waals surface area contributed by atoms with Crippen molar-refractivity contribution < 1.29 is 32.2 Å². The molecular formula is C17H24F3N3O4. The summed E-state index contributed by atoms with van der Waals surface area (Å²) in [6, 6.07) is 0.261. The fraction of sp³-hybridized carbons (Fsp3) is 0.706. The highest BCUT2D eigenvalue weighted by molar-refractivity contribution is 5.87. The van der Waals surface area contributed by atoms with Crippen LogP contribution in [-0.4, -0.2) is 52.0 Å². The molecule has 0 N–H and O–H groups in total. The fourth-order valence-electron chi connectivity index (χ4n) is 2.79. The van der Waals surface area contributed by atoms with Gasteiger partial charge in [0, 0.05) is 19.2 Å². The van der Waals surface area contributed by atoms with E-state index in [9.17, 15) is 22.8 Å². The minimum Gasteiger partial charge on any atom is -0.461 e. The van der Waals surface area contributed by atoms with E-state index in [1.165, 1.54) is 4.90 Å². The summed E-state index contributed by atoms with van der Waals surface area (Å²) in [5.41, 5.74) is -2.01. The molecule has 7 nitrogen and oxygen atoms in total. The van der Waals surface area contributed by atoms with Gasteiger partial charge in [-0.3, -0.25) is 4.68 Å². The largest absolute Gasteiger partial charge is 0.461 e. The molecule has 2 heterocycles. The molecule has 0 saturated carbocycles. The maximum Gasteiger partial charge on any atom is 0.435 e. The normalized spacial score (nSPS) is 16.3. The Morgan fingerprint density at radius 1 is 1.22 bits per heavy atom. The lowest BCUT2D eigenvalue weighted by molar-refractivity contribution is -0.141. The number of carbonyl (C=O) groups is 2. The molecule has 1 aliphatic rings. The summed E-state index contributed by atoms with van der Waals surface area (Å²) in [6.45, 7) is 7.47. The number of esters is 1. The van der Waals surface area contributed by atoms with Crippen molar-refractivity contribution in [1.29, 1.82) is 0 Å². The third-order valence-electron chi connectivity index (χ3n) is 3.97. The number of hydrogen-bond donors (Lipinski definition) is 0. The van der Waals surface area contributed by atoms with Gasteiger partial charge < -0.3 is 14.4 Å². The molecule has 1 aromatic heterocycles. The lowest BCUT2D eigenvalue weighted by Gasteiger charge is -2.33. The maximum atomic E-state index is 13.0. The number of aromatic nitrogens is 2. The zero-order valence-electron chi connectivity index (χ0n) is 15.8. The number of piperidine rings is 1. The molecule has 0 aliphatic carbocycles. The van der Waals surface area contributed by atoms with Crippen LogP contribution in [0.25, 0.3) is 0 Å². The number of carbonyl (C=O) groups excluding carboxylic acids is 2. The quantitative estimate of drug-likeness (QED) is 0.736. The third-order valence-corrected chi connectivity index (χ3v) is 3.97. The Hall–Kier alpha value is -2.26. The number of amides is 1. The molecule has 1 aliphatic heterocycles. The average Bonchev–Trinajstić information content (AvgIpc) is 2.99. The Balaban J connectivity index is 2.16. The molecule has 0 atom stereocenters. The van der Waals surface area contributed by atoms with Crippen LogP contribution < -0.4 is 0 Å². The Labute approximate surface area is 155 Å². The summed E-state index contributed by atoms with van der Waals surface area (Å²) in [4.78, 5) is 25.7. The molecule has 0 unspecified atom stereocenters. The van der Waals surface area contributed by atoms with Crippen molar-refractivity contribution in [2.45, 2.75) is 58.4 Å². The number of rotatable bonds is 3. The van der Waals surface area contributed by atoms with Crippen LogP contribution in [0, 0.1) is 0 Å². The first-order valence-corrected chi connectivity index (χ1v) is 8.74. The van der Waals surface area contributed by atoms with Crippen molar-refractivity contribution in [3.63, 3.8) is 0 Å². The van der Waals surface area contributed by atoms with Crippen LogP contribution in [0.1, 0.15) is 62.8 Å². The van der Waals surface area contributed by atoms with E-state index < -0.39 is 35.6 Å².